The smallest absolute Gasteiger partial charge is 0.252 e. The number of carbonyl (C=O) groups excluding carboxylic acids is 1. The molecule has 0 fully saturated rings. The van der Waals surface area contributed by atoms with Gasteiger partial charge in [-0.25, -0.2) is 8.42 Å². The van der Waals surface area contributed by atoms with Crippen LogP contribution in [0.1, 0.15) is 34.0 Å². The minimum atomic E-state index is -3.43. The van der Waals surface area contributed by atoms with E-state index in [2.05, 4.69) is 22.8 Å². The number of amides is 1. The van der Waals surface area contributed by atoms with E-state index in [1.165, 1.54) is 17.2 Å². The molecule has 24 heavy (non-hydrogen) atoms. The summed E-state index contributed by atoms with van der Waals surface area (Å²) in [7, 11) is -3.43. The zero-order valence-electron chi connectivity index (χ0n) is 13.5. The second kappa shape index (κ2) is 6.75. The van der Waals surface area contributed by atoms with Gasteiger partial charge in [-0.15, -0.1) is 0 Å². The van der Waals surface area contributed by atoms with Crippen LogP contribution in [0.3, 0.4) is 0 Å². The number of hydrogen-bond acceptors (Lipinski definition) is 4. The average Bonchev–Trinajstić information content (AvgIpc) is 3.07. The number of sulfone groups is 1. The van der Waals surface area contributed by atoms with Crippen LogP contribution < -0.4 is 10.6 Å². The topological polar surface area (TPSA) is 75.3 Å². The maximum absolute atomic E-state index is 12.4. The van der Waals surface area contributed by atoms with Gasteiger partial charge < -0.3 is 10.6 Å². The molecule has 5 nitrogen and oxygen atoms in total. The number of rotatable bonds is 5. The highest BCUT2D eigenvalue weighted by Gasteiger charge is 2.20. The Labute approximate surface area is 142 Å². The molecule has 2 aromatic carbocycles. The SMILES string of the molecule is CCS(=O)(=O)c1ccccc1C(=O)NCc1ccc2c(c1)CNC2. The fourth-order valence-corrected chi connectivity index (χ4v) is 3.91. The van der Waals surface area contributed by atoms with Gasteiger partial charge in [-0.2, -0.15) is 0 Å². The molecule has 6 heteroatoms. The summed E-state index contributed by atoms with van der Waals surface area (Å²) in [6.07, 6.45) is 0. The molecule has 1 heterocycles. The molecule has 1 aliphatic rings. The summed E-state index contributed by atoms with van der Waals surface area (Å²) in [5.74, 6) is -0.406. The van der Waals surface area contributed by atoms with Gasteiger partial charge in [-0.3, -0.25) is 4.79 Å². The van der Waals surface area contributed by atoms with Crippen molar-refractivity contribution in [2.24, 2.45) is 0 Å². The van der Waals surface area contributed by atoms with Crippen molar-refractivity contribution in [2.75, 3.05) is 5.75 Å². The lowest BCUT2D eigenvalue weighted by atomic mass is 10.1. The van der Waals surface area contributed by atoms with Crippen LogP contribution in [-0.2, 0) is 29.5 Å². The fraction of sp³-hybridized carbons (Fsp3) is 0.278. The molecule has 126 valence electrons. The van der Waals surface area contributed by atoms with Gasteiger partial charge in [-0.05, 0) is 28.8 Å². The molecule has 0 saturated carbocycles. The normalized spacial score (nSPS) is 13.5. The van der Waals surface area contributed by atoms with Gasteiger partial charge in [0.1, 0.15) is 0 Å². The molecule has 2 N–H and O–H groups in total. The van der Waals surface area contributed by atoms with Crippen LogP contribution in [0.5, 0.6) is 0 Å². The first-order valence-corrected chi connectivity index (χ1v) is 9.58. The molecule has 0 radical (unpaired) electrons. The molecule has 0 unspecified atom stereocenters. The van der Waals surface area contributed by atoms with E-state index in [-0.39, 0.29) is 22.1 Å². The minimum absolute atomic E-state index is 0.0326. The van der Waals surface area contributed by atoms with Crippen LogP contribution in [0.25, 0.3) is 0 Å². The van der Waals surface area contributed by atoms with Crippen LogP contribution in [0.2, 0.25) is 0 Å². The first kappa shape index (κ1) is 16.7. The van der Waals surface area contributed by atoms with Crippen molar-refractivity contribution in [3.8, 4) is 0 Å². The lowest BCUT2D eigenvalue weighted by molar-refractivity contribution is 0.0947. The standard InChI is InChI=1S/C18H20N2O3S/c1-2-24(22,23)17-6-4-3-5-16(17)18(21)20-10-13-7-8-14-11-19-12-15(14)9-13/h3-9,19H,2,10-12H2,1H3,(H,20,21). The van der Waals surface area contributed by atoms with E-state index in [0.717, 1.165) is 18.7 Å². The molecule has 0 spiro atoms. The maximum Gasteiger partial charge on any atom is 0.252 e. The van der Waals surface area contributed by atoms with E-state index in [0.29, 0.717) is 6.54 Å². The molecule has 1 aliphatic heterocycles. The van der Waals surface area contributed by atoms with Crippen LogP contribution >= 0.6 is 0 Å². The molecule has 0 atom stereocenters. The summed E-state index contributed by atoms with van der Waals surface area (Å²) in [6, 6.07) is 12.5. The molecule has 0 aromatic heterocycles. The maximum atomic E-state index is 12.4. The zero-order chi connectivity index (χ0) is 17.2. The van der Waals surface area contributed by atoms with Gasteiger partial charge in [0.25, 0.3) is 5.91 Å². The van der Waals surface area contributed by atoms with Crippen molar-refractivity contribution >= 4 is 15.7 Å². The fourth-order valence-electron chi connectivity index (χ4n) is 2.82. The second-order valence-electron chi connectivity index (χ2n) is 5.79. The van der Waals surface area contributed by atoms with Crippen LogP contribution in [-0.4, -0.2) is 20.1 Å². The summed E-state index contributed by atoms with van der Waals surface area (Å²) in [6.45, 7) is 3.66. The third-order valence-corrected chi connectivity index (χ3v) is 5.99. The van der Waals surface area contributed by atoms with Crippen molar-refractivity contribution in [3.63, 3.8) is 0 Å². The molecular formula is C18H20N2O3S. The van der Waals surface area contributed by atoms with Crippen LogP contribution in [0.4, 0.5) is 0 Å². The average molecular weight is 344 g/mol. The Morgan fingerprint density at radius 2 is 1.88 bits per heavy atom. The number of carbonyl (C=O) groups is 1. The molecule has 3 rings (SSSR count). The minimum Gasteiger partial charge on any atom is -0.348 e. The van der Waals surface area contributed by atoms with Crippen LogP contribution in [0.15, 0.2) is 47.4 Å². The summed E-state index contributed by atoms with van der Waals surface area (Å²) < 4.78 is 24.3. The second-order valence-corrected chi connectivity index (χ2v) is 8.04. The van der Waals surface area contributed by atoms with E-state index in [1.54, 1.807) is 25.1 Å². The Kier molecular flexibility index (Phi) is 4.69. The summed E-state index contributed by atoms with van der Waals surface area (Å²) in [4.78, 5) is 12.5. The molecule has 0 aliphatic carbocycles. The molecule has 0 bridgehead atoms. The van der Waals surface area contributed by atoms with E-state index in [9.17, 15) is 13.2 Å². The Morgan fingerprint density at radius 3 is 2.67 bits per heavy atom. The Hall–Kier alpha value is -2.18. The lowest BCUT2D eigenvalue weighted by Gasteiger charge is -2.10. The Bertz CT molecular complexity index is 876. The summed E-state index contributed by atoms with van der Waals surface area (Å²) >= 11 is 0. The molecule has 1 amide bonds. The highest BCUT2D eigenvalue weighted by atomic mass is 32.2. The first-order chi connectivity index (χ1) is 11.5. The number of hydrogen-bond donors (Lipinski definition) is 2. The van der Waals surface area contributed by atoms with Crippen molar-refractivity contribution < 1.29 is 13.2 Å². The van der Waals surface area contributed by atoms with Gasteiger partial charge in [-0.1, -0.05) is 37.3 Å². The third-order valence-electron chi connectivity index (χ3n) is 4.20. The predicted octanol–water partition coefficient (Wildman–Crippen LogP) is 2.01. The van der Waals surface area contributed by atoms with Crippen molar-refractivity contribution in [2.45, 2.75) is 31.5 Å². The third kappa shape index (κ3) is 3.34. The quantitative estimate of drug-likeness (QED) is 0.870. The van der Waals surface area contributed by atoms with Gasteiger partial charge in [0.2, 0.25) is 0 Å². The number of nitrogens with one attached hydrogen (secondary N) is 2. The van der Waals surface area contributed by atoms with Gasteiger partial charge >= 0.3 is 0 Å². The van der Waals surface area contributed by atoms with Gasteiger partial charge in [0.15, 0.2) is 9.84 Å². The summed E-state index contributed by atoms with van der Waals surface area (Å²) in [5, 5.41) is 6.10. The molecular weight excluding hydrogens is 324 g/mol. The van der Waals surface area contributed by atoms with E-state index in [4.69, 9.17) is 0 Å². The van der Waals surface area contributed by atoms with E-state index < -0.39 is 9.84 Å². The van der Waals surface area contributed by atoms with Crippen LogP contribution in [0, 0.1) is 0 Å². The Balaban J connectivity index is 1.77. The van der Waals surface area contributed by atoms with E-state index in [1.807, 2.05) is 6.07 Å². The number of benzene rings is 2. The largest absolute Gasteiger partial charge is 0.348 e. The first-order valence-electron chi connectivity index (χ1n) is 7.92. The highest BCUT2D eigenvalue weighted by molar-refractivity contribution is 7.91. The predicted molar refractivity (Wildman–Crippen MR) is 92.3 cm³/mol. The molecule has 2 aromatic rings. The summed E-state index contributed by atoms with van der Waals surface area (Å²) in [5.41, 5.74) is 3.73. The van der Waals surface area contributed by atoms with Crippen molar-refractivity contribution in [1.82, 2.24) is 10.6 Å². The van der Waals surface area contributed by atoms with Crippen molar-refractivity contribution in [3.05, 3.63) is 64.7 Å². The number of fused-ring (bicyclic) bond motifs is 1. The lowest BCUT2D eigenvalue weighted by Crippen LogP contribution is -2.25. The highest BCUT2D eigenvalue weighted by Crippen LogP contribution is 2.19. The Morgan fingerprint density at radius 1 is 1.12 bits per heavy atom. The van der Waals surface area contributed by atoms with Gasteiger partial charge in [0.05, 0.1) is 16.2 Å². The monoisotopic (exact) mass is 344 g/mol. The van der Waals surface area contributed by atoms with Gasteiger partial charge in [0, 0.05) is 19.6 Å². The van der Waals surface area contributed by atoms with Crippen molar-refractivity contribution in [1.29, 1.82) is 0 Å². The molecule has 0 saturated heterocycles. The zero-order valence-corrected chi connectivity index (χ0v) is 14.3. The van der Waals surface area contributed by atoms with E-state index >= 15 is 0 Å².